The van der Waals surface area contributed by atoms with E-state index in [-0.39, 0.29) is 42.0 Å². The summed E-state index contributed by atoms with van der Waals surface area (Å²) >= 11 is 0. The molecule has 51 heavy (non-hydrogen) atoms. The first-order valence-electron chi connectivity index (χ1n) is 17.1. The van der Waals surface area contributed by atoms with Gasteiger partial charge in [-0.3, -0.25) is 34.3 Å². The molecule has 4 amide bonds. The average molecular weight is 689 g/mol. The highest BCUT2D eigenvalue weighted by Crippen LogP contribution is 2.37. The Bertz CT molecular complexity index is 2050. The number of hydrogen-bond acceptors (Lipinski definition) is 8. The predicted octanol–water partition coefficient (Wildman–Crippen LogP) is 5.33. The molecule has 1 atom stereocenters. The van der Waals surface area contributed by atoms with Crippen molar-refractivity contribution in [2.45, 2.75) is 38.8 Å². The monoisotopic (exact) mass is 688 g/mol. The van der Waals surface area contributed by atoms with Crippen molar-refractivity contribution < 1.29 is 33.8 Å². The number of imide groups is 2. The van der Waals surface area contributed by atoms with Crippen molar-refractivity contribution in [3.63, 3.8) is 0 Å². The molecule has 4 aromatic carbocycles. The second-order valence-corrected chi connectivity index (χ2v) is 13.0. The second-order valence-electron chi connectivity index (χ2n) is 13.0. The van der Waals surface area contributed by atoms with Crippen LogP contribution in [0, 0.1) is 5.82 Å². The Kier molecular flexibility index (Phi) is 9.14. The first-order valence-corrected chi connectivity index (χ1v) is 17.1. The van der Waals surface area contributed by atoms with Gasteiger partial charge in [0.1, 0.15) is 23.4 Å². The highest BCUT2D eigenvalue weighted by atomic mass is 19.1. The molecule has 0 aliphatic carbocycles. The SMILES string of the molecule is CCC(=C(c1ccc(O)cc1)c1ccc(N2CCN(Cc3ccc4c(c3F)C(=O)N(C3CCC(=O)NC3=O)C4=O)CC2)cc1)c1ccc(O)cc1. The summed E-state index contributed by atoms with van der Waals surface area (Å²) in [5, 5.41) is 22.0. The zero-order valence-electron chi connectivity index (χ0n) is 28.1. The van der Waals surface area contributed by atoms with Gasteiger partial charge in [0.15, 0.2) is 0 Å². The summed E-state index contributed by atoms with van der Waals surface area (Å²) < 4.78 is 15.8. The smallest absolute Gasteiger partial charge is 0.265 e. The number of phenols is 2. The fourth-order valence-corrected chi connectivity index (χ4v) is 7.26. The van der Waals surface area contributed by atoms with E-state index < -0.39 is 35.5 Å². The Morgan fingerprint density at radius 3 is 1.94 bits per heavy atom. The third-order valence-electron chi connectivity index (χ3n) is 9.94. The molecule has 0 spiro atoms. The number of anilines is 1. The van der Waals surface area contributed by atoms with Crippen molar-refractivity contribution >= 4 is 40.5 Å². The molecule has 0 radical (unpaired) electrons. The zero-order chi connectivity index (χ0) is 35.8. The number of amides is 4. The number of nitrogens with zero attached hydrogens (tertiary/aromatic N) is 3. The van der Waals surface area contributed by atoms with E-state index in [0.29, 0.717) is 31.7 Å². The first kappa shape index (κ1) is 33.7. The van der Waals surface area contributed by atoms with Gasteiger partial charge in [0.05, 0.1) is 11.1 Å². The van der Waals surface area contributed by atoms with Crippen LogP contribution in [0.2, 0.25) is 0 Å². The molecular formula is C40H37FN4O6. The number of carbonyl (C=O) groups is 4. The number of aromatic hydroxyl groups is 2. The number of hydrogen-bond donors (Lipinski definition) is 3. The Morgan fingerprint density at radius 1 is 0.765 bits per heavy atom. The normalized spacial score (nSPS) is 18.5. The van der Waals surface area contributed by atoms with Crippen molar-refractivity contribution in [2.75, 3.05) is 31.1 Å². The van der Waals surface area contributed by atoms with Gasteiger partial charge < -0.3 is 15.1 Å². The number of phenolic OH excluding ortho intramolecular Hbond substituents is 2. The van der Waals surface area contributed by atoms with E-state index in [1.165, 1.54) is 12.1 Å². The number of rotatable bonds is 8. The molecule has 3 N–H and O–H groups in total. The van der Waals surface area contributed by atoms with Crippen LogP contribution in [-0.4, -0.2) is 75.9 Å². The minimum absolute atomic E-state index is 0.00742. The fraction of sp³-hybridized carbons (Fsp3) is 0.250. The summed E-state index contributed by atoms with van der Waals surface area (Å²) in [6, 6.07) is 24.5. The lowest BCUT2D eigenvalue weighted by Gasteiger charge is -2.36. The molecule has 0 bridgehead atoms. The molecule has 0 saturated carbocycles. The van der Waals surface area contributed by atoms with Crippen LogP contribution in [0.5, 0.6) is 11.5 Å². The largest absolute Gasteiger partial charge is 0.508 e. The van der Waals surface area contributed by atoms with E-state index in [4.69, 9.17) is 0 Å². The molecule has 260 valence electrons. The molecule has 3 heterocycles. The van der Waals surface area contributed by atoms with Gasteiger partial charge >= 0.3 is 0 Å². The summed E-state index contributed by atoms with van der Waals surface area (Å²) in [4.78, 5) is 55.4. The average Bonchev–Trinajstić information content (AvgIpc) is 3.39. The number of benzene rings is 4. The molecule has 3 aliphatic rings. The molecule has 4 aromatic rings. The van der Waals surface area contributed by atoms with Crippen LogP contribution in [0.15, 0.2) is 84.9 Å². The van der Waals surface area contributed by atoms with E-state index >= 15 is 4.39 Å². The van der Waals surface area contributed by atoms with Gasteiger partial charge in [0, 0.05) is 50.4 Å². The van der Waals surface area contributed by atoms with E-state index in [1.54, 1.807) is 24.3 Å². The number of allylic oxidation sites excluding steroid dienone is 1. The summed E-state index contributed by atoms with van der Waals surface area (Å²) in [7, 11) is 0. The van der Waals surface area contributed by atoms with Crippen LogP contribution < -0.4 is 10.2 Å². The second kappa shape index (κ2) is 13.8. The molecule has 3 aliphatic heterocycles. The molecule has 7 rings (SSSR count). The van der Waals surface area contributed by atoms with E-state index in [1.807, 2.05) is 24.3 Å². The topological polar surface area (TPSA) is 130 Å². The Balaban J connectivity index is 1.05. The van der Waals surface area contributed by atoms with Crippen LogP contribution in [0.25, 0.3) is 11.1 Å². The maximum Gasteiger partial charge on any atom is 0.265 e. The molecule has 10 nitrogen and oxygen atoms in total. The summed E-state index contributed by atoms with van der Waals surface area (Å²) in [5.74, 6) is -3.15. The number of piperidine rings is 1. The van der Waals surface area contributed by atoms with Crippen LogP contribution in [0.4, 0.5) is 10.1 Å². The van der Waals surface area contributed by atoms with Gasteiger partial charge in [0.2, 0.25) is 11.8 Å². The zero-order valence-corrected chi connectivity index (χ0v) is 28.1. The van der Waals surface area contributed by atoms with Gasteiger partial charge in [0.25, 0.3) is 11.8 Å². The Morgan fingerprint density at radius 2 is 1.35 bits per heavy atom. The first-order chi connectivity index (χ1) is 24.6. The van der Waals surface area contributed by atoms with Crippen LogP contribution >= 0.6 is 0 Å². The summed E-state index contributed by atoms with van der Waals surface area (Å²) in [6.07, 6.45) is 0.748. The van der Waals surface area contributed by atoms with Crippen LogP contribution in [0.1, 0.15) is 69.2 Å². The van der Waals surface area contributed by atoms with Gasteiger partial charge in [-0.05, 0) is 83.1 Å². The van der Waals surface area contributed by atoms with Crippen molar-refractivity contribution in [1.29, 1.82) is 0 Å². The van der Waals surface area contributed by atoms with Gasteiger partial charge in [-0.1, -0.05) is 49.4 Å². The summed E-state index contributed by atoms with van der Waals surface area (Å²) in [5.41, 5.74) is 6.08. The van der Waals surface area contributed by atoms with Crippen molar-refractivity contribution in [3.05, 3.63) is 124 Å². The number of piperazine rings is 1. The van der Waals surface area contributed by atoms with E-state index in [9.17, 15) is 29.4 Å². The number of nitrogens with one attached hydrogen (secondary N) is 1. The highest BCUT2D eigenvalue weighted by Gasteiger charge is 2.46. The standard InChI is InChI=1S/C40H37FN4O6/c1-2-31(24-5-12-29(46)13-6-24)35(26-7-14-30(47)15-8-26)25-3-10-28(11-4-25)44-21-19-43(20-22-44)23-27-9-16-32-36(37(27)41)40(51)45(39(32)50)33-17-18-34(48)42-38(33)49/h3-16,33,46-47H,2,17-23H2,1H3,(H,42,48,49). The van der Waals surface area contributed by atoms with Crippen molar-refractivity contribution in [3.8, 4) is 11.5 Å². The minimum Gasteiger partial charge on any atom is -0.508 e. The van der Waals surface area contributed by atoms with Crippen molar-refractivity contribution in [1.82, 2.24) is 15.1 Å². The lowest BCUT2D eigenvalue weighted by atomic mass is 9.88. The number of fused-ring (bicyclic) bond motifs is 1. The van der Waals surface area contributed by atoms with E-state index in [0.717, 1.165) is 44.8 Å². The highest BCUT2D eigenvalue weighted by molar-refractivity contribution is 6.23. The molecule has 2 fully saturated rings. The van der Waals surface area contributed by atoms with Crippen LogP contribution in [0.3, 0.4) is 0 Å². The third kappa shape index (κ3) is 6.48. The molecule has 0 aromatic heterocycles. The van der Waals surface area contributed by atoms with Crippen molar-refractivity contribution in [2.24, 2.45) is 0 Å². The molecule has 11 heteroatoms. The lowest BCUT2D eigenvalue weighted by Crippen LogP contribution is -2.54. The molecule has 1 unspecified atom stereocenters. The Hall–Kier alpha value is -5.81. The Labute approximate surface area is 294 Å². The molecular weight excluding hydrogens is 651 g/mol. The van der Waals surface area contributed by atoms with Gasteiger partial charge in [-0.15, -0.1) is 0 Å². The minimum atomic E-state index is -1.15. The van der Waals surface area contributed by atoms with Gasteiger partial charge in [-0.25, -0.2) is 4.39 Å². The number of carbonyl (C=O) groups excluding carboxylic acids is 4. The number of halogens is 1. The molecule has 2 saturated heterocycles. The quantitative estimate of drug-likeness (QED) is 0.167. The van der Waals surface area contributed by atoms with E-state index in [2.05, 4.69) is 46.3 Å². The third-order valence-corrected chi connectivity index (χ3v) is 9.94. The van der Waals surface area contributed by atoms with Crippen LogP contribution in [-0.2, 0) is 16.1 Å². The van der Waals surface area contributed by atoms with Gasteiger partial charge in [-0.2, -0.15) is 0 Å². The fourth-order valence-electron chi connectivity index (χ4n) is 7.26. The maximum atomic E-state index is 15.8. The maximum absolute atomic E-state index is 15.8. The summed E-state index contributed by atoms with van der Waals surface area (Å²) in [6.45, 7) is 5.03. The predicted molar refractivity (Wildman–Crippen MR) is 189 cm³/mol. The lowest BCUT2D eigenvalue weighted by molar-refractivity contribution is -0.136.